The SMILES string of the molecule is N.N.N.O=P(O)(O)OS(=O)(=O)O.O=S(=O)(O)O.[KH]. The van der Waals surface area contributed by atoms with Gasteiger partial charge in [-0.3, -0.25) is 13.7 Å². The summed E-state index contributed by atoms with van der Waals surface area (Å²) in [7, 11) is -14.8. The second kappa shape index (κ2) is 13.4. The molecule has 0 aliphatic rings. The van der Waals surface area contributed by atoms with Crippen molar-refractivity contribution in [2.45, 2.75) is 0 Å². The molecule has 18 heteroatoms. The van der Waals surface area contributed by atoms with E-state index in [2.05, 4.69) is 3.97 Å². The third kappa shape index (κ3) is 85.4. The van der Waals surface area contributed by atoms with Gasteiger partial charge in [-0.05, 0) is 0 Å². The fourth-order valence-corrected chi connectivity index (χ4v) is 1.10. The van der Waals surface area contributed by atoms with E-state index in [-0.39, 0.29) is 69.8 Å². The molecule has 0 aliphatic heterocycles. The number of hydrogen-bond acceptors (Lipinski definition) is 9. The molecule has 0 unspecified atom stereocenters. The molecule has 0 rings (SSSR count). The summed E-state index contributed by atoms with van der Waals surface area (Å²) in [6.45, 7) is 0. The first kappa shape index (κ1) is 36.6. The predicted octanol–water partition coefficient (Wildman–Crippen LogP) is -1.92. The van der Waals surface area contributed by atoms with Gasteiger partial charge < -0.3 is 28.2 Å². The molecule has 0 saturated carbocycles. The van der Waals surface area contributed by atoms with Crippen LogP contribution in [-0.4, -0.2) is 91.7 Å². The van der Waals surface area contributed by atoms with Gasteiger partial charge in [-0.15, -0.1) is 3.97 Å². The molecule has 0 fully saturated rings. The first-order valence-corrected chi connectivity index (χ1v) is 6.44. The van der Waals surface area contributed by atoms with Crippen molar-refractivity contribution in [1.82, 2.24) is 18.5 Å². The van der Waals surface area contributed by atoms with E-state index in [0.717, 1.165) is 0 Å². The van der Waals surface area contributed by atoms with Gasteiger partial charge in [0.25, 0.3) is 0 Å². The summed E-state index contributed by atoms with van der Waals surface area (Å²) >= 11 is 0. The molecular formula is H15KN3O11PS2. The fraction of sp³-hybridized carbons (Fsp3) is 0. The van der Waals surface area contributed by atoms with E-state index in [1.165, 1.54) is 0 Å². The second-order valence-corrected chi connectivity index (χ2v) is 4.77. The third-order valence-corrected chi connectivity index (χ3v) is 1.72. The first-order chi connectivity index (χ1) is 5.71. The van der Waals surface area contributed by atoms with Crippen molar-refractivity contribution in [1.29, 1.82) is 0 Å². The Morgan fingerprint density at radius 2 is 1.00 bits per heavy atom. The number of phosphoric acid groups is 1. The third-order valence-electron chi connectivity index (χ3n) is 0.191. The van der Waals surface area contributed by atoms with Crippen molar-refractivity contribution < 1.29 is 48.8 Å². The molecule has 0 radical (unpaired) electrons. The zero-order chi connectivity index (χ0) is 12.2. The minimum absolute atomic E-state index is 0. The molecule has 0 aliphatic carbocycles. The van der Waals surface area contributed by atoms with Gasteiger partial charge in [0, 0.05) is 0 Å². The van der Waals surface area contributed by atoms with Gasteiger partial charge in [0.1, 0.15) is 0 Å². The molecule has 0 amide bonds. The van der Waals surface area contributed by atoms with Gasteiger partial charge in [-0.1, -0.05) is 0 Å². The number of hydrogen-bond donors (Lipinski definition) is 8. The normalized spacial score (nSPS) is 10.1. The Morgan fingerprint density at radius 1 is 0.833 bits per heavy atom. The maximum absolute atomic E-state index is 9.58. The Kier molecular flexibility index (Phi) is 27.2. The molecule has 114 valence electrons. The Hall–Kier alpha value is 1.41. The van der Waals surface area contributed by atoms with Crippen LogP contribution >= 0.6 is 7.82 Å². The van der Waals surface area contributed by atoms with E-state index in [1.54, 1.807) is 0 Å². The Morgan fingerprint density at radius 3 is 1.00 bits per heavy atom. The molecular weight excluding hydrogens is 352 g/mol. The summed E-state index contributed by atoms with van der Waals surface area (Å²) in [4.78, 5) is 15.4. The molecule has 0 bridgehead atoms. The average molecular weight is 367 g/mol. The zero-order valence-corrected chi connectivity index (χ0v) is 10.6. The van der Waals surface area contributed by atoms with E-state index in [0.29, 0.717) is 0 Å². The Balaban J connectivity index is -0.0000000359. The van der Waals surface area contributed by atoms with E-state index in [9.17, 15) is 13.0 Å². The molecule has 0 heterocycles. The van der Waals surface area contributed by atoms with Crippen LogP contribution in [0.3, 0.4) is 0 Å². The summed E-state index contributed by atoms with van der Waals surface area (Å²) < 4.78 is 70.6. The number of rotatable bonds is 2. The van der Waals surface area contributed by atoms with Crippen LogP contribution in [0.1, 0.15) is 0 Å². The molecule has 14 N–H and O–H groups in total. The minimum atomic E-state index is -5.13. The Bertz CT molecular complexity index is 398. The Labute approximate surface area is 145 Å². The van der Waals surface area contributed by atoms with Gasteiger partial charge in [0.05, 0.1) is 0 Å². The van der Waals surface area contributed by atoms with Crippen molar-refractivity contribution in [2.75, 3.05) is 0 Å². The van der Waals surface area contributed by atoms with E-state index < -0.39 is 28.6 Å². The monoisotopic (exact) mass is 367 g/mol. The molecule has 14 nitrogen and oxygen atoms in total. The second-order valence-electron chi connectivity index (χ2n) is 1.44. The first-order valence-electron chi connectivity index (χ1n) is 2.15. The van der Waals surface area contributed by atoms with Crippen molar-refractivity contribution in [3.63, 3.8) is 0 Å². The van der Waals surface area contributed by atoms with E-state index in [1.807, 2.05) is 0 Å². The molecule has 0 aromatic carbocycles. The molecule has 0 aromatic heterocycles. The summed E-state index contributed by atoms with van der Waals surface area (Å²) in [5.74, 6) is 0. The van der Waals surface area contributed by atoms with Gasteiger partial charge in [-0.25, -0.2) is 4.57 Å². The van der Waals surface area contributed by atoms with Crippen LogP contribution in [0, 0.1) is 0 Å². The maximum atomic E-state index is 9.58. The van der Waals surface area contributed by atoms with Crippen molar-refractivity contribution in [3.05, 3.63) is 0 Å². The van der Waals surface area contributed by atoms with Gasteiger partial charge in [-0.2, -0.15) is 16.8 Å². The van der Waals surface area contributed by atoms with Crippen LogP contribution in [0.2, 0.25) is 0 Å². The molecule has 0 atom stereocenters. The summed E-state index contributed by atoms with van der Waals surface area (Å²) in [5.41, 5.74) is 0. The topological polar surface area (TPSA) is 301 Å². The van der Waals surface area contributed by atoms with Crippen LogP contribution in [0.4, 0.5) is 0 Å². The summed E-state index contributed by atoms with van der Waals surface area (Å²) in [6.07, 6.45) is 0. The van der Waals surface area contributed by atoms with Gasteiger partial charge in [0.2, 0.25) is 0 Å². The predicted molar refractivity (Wildman–Crippen MR) is 61.1 cm³/mol. The fourth-order valence-electron chi connectivity index (χ4n) is 0.123. The van der Waals surface area contributed by atoms with E-state index in [4.69, 9.17) is 31.9 Å². The molecule has 0 spiro atoms. The van der Waals surface area contributed by atoms with Gasteiger partial charge >= 0.3 is 80.0 Å². The van der Waals surface area contributed by atoms with Gasteiger partial charge in [0.15, 0.2) is 0 Å². The van der Waals surface area contributed by atoms with Crippen molar-refractivity contribution in [2.24, 2.45) is 0 Å². The molecule has 0 saturated heterocycles. The quantitative estimate of drug-likeness (QED) is 0.150. The van der Waals surface area contributed by atoms with Crippen LogP contribution in [0.25, 0.3) is 0 Å². The summed E-state index contributed by atoms with van der Waals surface area (Å²) in [5, 5.41) is 0. The van der Waals surface area contributed by atoms with Crippen LogP contribution in [0.15, 0.2) is 0 Å². The molecule has 0 aromatic rings. The average Bonchev–Trinajstić information content (AvgIpc) is 1.42. The van der Waals surface area contributed by atoms with Crippen LogP contribution < -0.4 is 18.5 Å². The zero-order valence-electron chi connectivity index (χ0n) is 8.07. The molecule has 18 heavy (non-hydrogen) atoms. The van der Waals surface area contributed by atoms with E-state index >= 15 is 0 Å². The van der Waals surface area contributed by atoms with Crippen LogP contribution in [0.5, 0.6) is 0 Å². The van der Waals surface area contributed by atoms with Crippen molar-refractivity contribution >= 4 is 80.0 Å². The van der Waals surface area contributed by atoms with Crippen molar-refractivity contribution in [3.8, 4) is 0 Å². The standard InChI is InChI=1S/K.3H3N.H3O7PS.H2O4S.H/c;;;;1-8(2,3)7-9(4,5)6;1-5(2,3)4;/h;3*1H3;(H2,1,2,3)(H,4,5,6);(H2,1,2,3,4);. The summed E-state index contributed by atoms with van der Waals surface area (Å²) in [6, 6.07) is 0. The van der Waals surface area contributed by atoms with Crippen LogP contribution in [-0.2, 0) is 29.3 Å².